The Morgan fingerprint density at radius 1 is 1.35 bits per heavy atom. The number of carboxylic acids is 1. The van der Waals surface area contributed by atoms with Gasteiger partial charge in [-0.15, -0.1) is 0 Å². The molecule has 0 bridgehead atoms. The summed E-state index contributed by atoms with van der Waals surface area (Å²) >= 11 is 0. The molecule has 3 rings (SSSR count). The Morgan fingerprint density at radius 3 is 2.41 bits per heavy atom. The van der Waals surface area contributed by atoms with E-state index in [1.54, 1.807) is 20.8 Å². The van der Waals surface area contributed by atoms with Crippen molar-refractivity contribution in [3.05, 3.63) is 0 Å². The Kier molecular flexibility index (Phi) is 1.66. The van der Waals surface area contributed by atoms with Gasteiger partial charge in [0.2, 0.25) is 0 Å². The van der Waals surface area contributed by atoms with Crippen molar-refractivity contribution >= 4 is 12.1 Å². The minimum atomic E-state index is -0.915. The topological polar surface area (TPSA) is 66.8 Å². The van der Waals surface area contributed by atoms with Gasteiger partial charge in [0, 0.05) is 5.41 Å². The number of aliphatic carboxylic acids is 1. The minimum Gasteiger partial charge on any atom is -0.480 e. The summed E-state index contributed by atoms with van der Waals surface area (Å²) in [6.07, 6.45) is 2.05. The fraction of sp³-hybridized carbons (Fsp3) is 0.833. The van der Waals surface area contributed by atoms with Gasteiger partial charge in [0.25, 0.3) is 0 Å². The Balaban J connectivity index is 1.81. The van der Waals surface area contributed by atoms with Gasteiger partial charge in [-0.3, -0.25) is 4.90 Å². The van der Waals surface area contributed by atoms with Gasteiger partial charge in [-0.1, -0.05) is 0 Å². The highest BCUT2D eigenvalue weighted by atomic mass is 16.6. The van der Waals surface area contributed by atoms with Crippen molar-refractivity contribution in [2.75, 3.05) is 0 Å². The van der Waals surface area contributed by atoms with Crippen LogP contribution in [0.5, 0.6) is 0 Å². The number of hydrogen-bond acceptors (Lipinski definition) is 3. The van der Waals surface area contributed by atoms with E-state index in [9.17, 15) is 9.59 Å². The molecule has 1 saturated heterocycles. The molecule has 5 nitrogen and oxygen atoms in total. The number of rotatable bonds is 1. The van der Waals surface area contributed by atoms with Crippen LogP contribution >= 0.6 is 0 Å². The molecule has 0 unspecified atom stereocenters. The molecule has 2 aliphatic carbocycles. The van der Waals surface area contributed by atoms with E-state index >= 15 is 0 Å². The van der Waals surface area contributed by atoms with E-state index in [-0.39, 0.29) is 11.0 Å². The van der Waals surface area contributed by atoms with Crippen LogP contribution in [0.25, 0.3) is 0 Å². The van der Waals surface area contributed by atoms with Crippen molar-refractivity contribution < 1.29 is 19.4 Å². The number of ether oxygens (including phenoxy) is 1. The van der Waals surface area contributed by atoms with Crippen molar-refractivity contribution in [3.63, 3.8) is 0 Å². The number of carbonyl (C=O) groups excluding carboxylic acids is 1. The zero-order valence-electron chi connectivity index (χ0n) is 10.3. The van der Waals surface area contributed by atoms with Crippen LogP contribution < -0.4 is 0 Å². The van der Waals surface area contributed by atoms with Gasteiger partial charge >= 0.3 is 12.1 Å². The third-order valence-electron chi connectivity index (χ3n) is 4.23. The smallest absolute Gasteiger partial charge is 0.411 e. The maximum absolute atomic E-state index is 12.1. The third kappa shape index (κ3) is 1.25. The van der Waals surface area contributed by atoms with Crippen LogP contribution in [0.2, 0.25) is 0 Å². The molecule has 0 aromatic heterocycles. The van der Waals surface area contributed by atoms with Gasteiger partial charge in [-0.25, -0.2) is 9.59 Å². The van der Waals surface area contributed by atoms with Crippen molar-refractivity contribution in [2.24, 2.45) is 5.41 Å². The summed E-state index contributed by atoms with van der Waals surface area (Å²) in [6.45, 7) is 5.38. The van der Waals surface area contributed by atoms with Crippen LogP contribution in [0, 0.1) is 5.41 Å². The molecule has 17 heavy (non-hydrogen) atoms. The first kappa shape index (κ1) is 10.9. The van der Waals surface area contributed by atoms with Crippen LogP contribution in [-0.4, -0.2) is 39.3 Å². The van der Waals surface area contributed by atoms with Crippen LogP contribution in [0.15, 0.2) is 0 Å². The second-order valence-electron chi connectivity index (χ2n) is 6.57. The van der Waals surface area contributed by atoms with E-state index in [1.807, 2.05) is 0 Å². The van der Waals surface area contributed by atoms with Gasteiger partial charge in [-0.05, 0) is 40.0 Å². The molecule has 5 heteroatoms. The van der Waals surface area contributed by atoms with E-state index in [1.165, 1.54) is 4.90 Å². The summed E-state index contributed by atoms with van der Waals surface area (Å²) in [5.41, 5.74) is -0.600. The summed E-state index contributed by atoms with van der Waals surface area (Å²) < 4.78 is 5.31. The maximum atomic E-state index is 12.1. The molecule has 3 fully saturated rings. The molecule has 0 aromatic carbocycles. The molecular weight excluding hydrogens is 222 g/mol. The van der Waals surface area contributed by atoms with E-state index in [0.717, 1.165) is 12.8 Å². The molecular formula is C12H17NO4. The van der Waals surface area contributed by atoms with Crippen molar-refractivity contribution in [1.82, 2.24) is 4.90 Å². The molecule has 2 saturated carbocycles. The van der Waals surface area contributed by atoms with E-state index in [0.29, 0.717) is 6.42 Å². The lowest BCUT2D eigenvalue weighted by Gasteiger charge is -2.33. The molecule has 0 spiro atoms. The largest absolute Gasteiger partial charge is 0.480 e. The fourth-order valence-electron chi connectivity index (χ4n) is 3.31. The number of likely N-dealkylation sites (tertiary alicyclic amines) is 1. The van der Waals surface area contributed by atoms with Crippen molar-refractivity contribution in [1.29, 1.82) is 0 Å². The van der Waals surface area contributed by atoms with E-state index in [2.05, 4.69) is 0 Å². The predicted molar refractivity (Wildman–Crippen MR) is 58.5 cm³/mol. The monoisotopic (exact) mass is 239 g/mol. The Morgan fingerprint density at radius 2 is 1.94 bits per heavy atom. The van der Waals surface area contributed by atoms with Crippen LogP contribution in [0.3, 0.4) is 0 Å². The van der Waals surface area contributed by atoms with E-state index in [4.69, 9.17) is 9.84 Å². The highest BCUT2D eigenvalue weighted by Crippen LogP contribution is 2.87. The average molecular weight is 239 g/mol. The van der Waals surface area contributed by atoms with Crippen LogP contribution in [0.1, 0.15) is 40.0 Å². The number of amides is 1. The predicted octanol–water partition coefficient (Wildman–Crippen LogP) is 1.61. The molecule has 1 heterocycles. The van der Waals surface area contributed by atoms with Crippen LogP contribution in [0.4, 0.5) is 4.79 Å². The summed E-state index contributed by atoms with van der Waals surface area (Å²) in [7, 11) is 0. The van der Waals surface area contributed by atoms with Gasteiger partial charge in [0.1, 0.15) is 11.6 Å². The highest BCUT2D eigenvalue weighted by Gasteiger charge is 2.91. The van der Waals surface area contributed by atoms with Gasteiger partial charge in [0.05, 0.1) is 5.54 Å². The number of piperidine rings is 2. The molecule has 1 aliphatic heterocycles. The molecule has 1 atom stereocenters. The quantitative estimate of drug-likeness (QED) is 0.755. The molecule has 0 aromatic rings. The maximum Gasteiger partial charge on any atom is 0.411 e. The van der Waals surface area contributed by atoms with Gasteiger partial charge < -0.3 is 9.84 Å². The first-order chi connectivity index (χ1) is 7.71. The molecule has 94 valence electrons. The number of hydrogen-bond donors (Lipinski definition) is 1. The minimum absolute atomic E-state index is 0.132. The van der Waals surface area contributed by atoms with Gasteiger partial charge in [-0.2, -0.15) is 0 Å². The lowest BCUT2D eigenvalue weighted by Crippen LogP contribution is -2.49. The SMILES string of the molecule is CC(C)(C)OC(=O)N1[C@H](C(=O)O)CC23CC12C3. The van der Waals surface area contributed by atoms with Crippen molar-refractivity contribution in [3.8, 4) is 0 Å². The first-order valence-corrected chi connectivity index (χ1v) is 5.96. The summed E-state index contributed by atoms with van der Waals surface area (Å²) in [6, 6.07) is -0.688. The normalized spacial score (nSPS) is 41.6. The second kappa shape index (κ2) is 2.60. The van der Waals surface area contributed by atoms with Gasteiger partial charge in [0.15, 0.2) is 0 Å². The number of nitrogens with zero attached hydrogens (tertiary/aromatic N) is 1. The first-order valence-electron chi connectivity index (χ1n) is 5.96. The zero-order chi connectivity index (χ0) is 12.6. The summed E-state index contributed by atoms with van der Waals surface area (Å²) in [5, 5.41) is 9.15. The van der Waals surface area contributed by atoms with E-state index < -0.39 is 23.7 Å². The Bertz CT molecular complexity index is 417. The molecule has 0 radical (unpaired) electrons. The Labute approximate surface area is 99.7 Å². The lowest BCUT2D eigenvalue weighted by atomic mass is 10.0. The molecule has 3 aliphatic rings. The number of carbonyl (C=O) groups is 2. The standard InChI is InChI=1S/C12H17NO4/c1-10(2,3)17-9(16)13-7(8(14)15)4-11-5-12(11,13)6-11/h7H,4-6H2,1-3H3,(H,14,15)/t7-,11?,12?/m0/s1. The zero-order valence-corrected chi connectivity index (χ0v) is 10.3. The summed E-state index contributed by atoms with van der Waals surface area (Å²) in [5.74, 6) is -0.915. The highest BCUT2D eigenvalue weighted by molar-refractivity contribution is 5.85. The second-order valence-corrected chi connectivity index (χ2v) is 6.57. The Hall–Kier alpha value is -1.26. The lowest BCUT2D eigenvalue weighted by molar-refractivity contribution is -0.143. The van der Waals surface area contributed by atoms with Crippen molar-refractivity contribution in [2.45, 2.75) is 57.2 Å². The molecule has 1 amide bonds. The molecule has 1 N–H and O–H groups in total. The average Bonchev–Trinajstić information content (AvgIpc) is 2.83. The summed E-state index contributed by atoms with van der Waals surface area (Å²) in [4.78, 5) is 24.7. The third-order valence-corrected chi connectivity index (χ3v) is 4.23. The fourth-order valence-corrected chi connectivity index (χ4v) is 3.31. The van der Waals surface area contributed by atoms with Crippen LogP contribution in [-0.2, 0) is 9.53 Å². The number of carboxylic acid groups (broad SMARTS) is 1.